The van der Waals surface area contributed by atoms with Gasteiger partial charge in [-0.1, -0.05) is 13.3 Å². The number of hydrazone groups is 1. The SMILES string of the molecule is CCOc1cc(C(=O)NN=C2CCC(CC)CC2)cc(OCC)c1OCC. The highest BCUT2D eigenvalue weighted by molar-refractivity contribution is 5.96. The Morgan fingerprint density at radius 1 is 1.00 bits per heavy atom. The zero-order valence-corrected chi connectivity index (χ0v) is 17.0. The van der Waals surface area contributed by atoms with Crippen molar-refractivity contribution in [2.24, 2.45) is 11.0 Å². The lowest BCUT2D eigenvalue weighted by molar-refractivity contribution is 0.0953. The molecular formula is C21H32N2O4. The average molecular weight is 376 g/mol. The molecule has 1 aliphatic rings. The maximum Gasteiger partial charge on any atom is 0.271 e. The normalized spacial score (nSPS) is 16.6. The van der Waals surface area contributed by atoms with E-state index < -0.39 is 0 Å². The first-order chi connectivity index (χ1) is 13.1. The van der Waals surface area contributed by atoms with Crippen LogP contribution >= 0.6 is 0 Å². The number of hydrogen-bond donors (Lipinski definition) is 1. The summed E-state index contributed by atoms with van der Waals surface area (Å²) in [5.41, 5.74) is 4.19. The highest BCUT2D eigenvalue weighted by atomic mass is 16.5. The van der Waals surface area contributed by atoms with Crippen LogP contribution < -0.4 is 19.6 Å². The van der Waals surface area contributed by atoms with E-state index in [1.54, 1.807) is 12.1 Å². The molecule has 150 valence electrons. The van der Waals surface area contributed by atoms with Crippen molar-refractivity contribution in [3.8, 4) is 17.2 Å². The van der Waals surface area contributed by atoms with E-state index in [9.17, 15) is 4.79 Å². The van der Waals surface area contributed by atoms with Crippen molar-refractivity contribution in [3.05, 3.63) is 17.7 Å². The van der Waals surface area contributed by atoms with Gasteiger partial charge in [-0.05, 0) is 64.5 Å². The fourth-order valence-corrected chi connectivity index (χ4v) is 3.25. The van der Waals surface area contributed by atoms with Crippen LogP contribution in [0.5, 0.6) is 17.2 Å². The van der Waals surface area contributed by atoms with Crippen molar-refractivity contribution in [2.75, 3.05) is 19.8 Å². The molecule has 0 bridgehead atoms. The van der Waals surface area contributed by atoms with Crippen LogP contribution in [0, 0.1) is 5.92 Å². The molecule has 0 aliphatic heterocycles. The molecule has 0 heterocycles. The first-order valence-electron chi connectivity index (χ1n) is 10.0. The van der Waals surface area contributed by atoms with Crippen LogP contribution in [0.25, 0.3) is 0 Å². The summed E-state index contributed by atoms with van der Waals surface area (Å²) in [6.07, 6.45) is 5.42. The van der Waals surface area contributed by atoms with Gasteiger partial charge in [0.2, 0.25) is 5.75 Å². The summed E-state index contributed by atoms with van der Waals surface area (Å²) in [6.45, 7) is 9.33. The molecule has 0 spiro atoms. The van der Waals surface area contributed by atoms with Crippen molar-refractivity contribution in [1.29, 1.82) is 0 Å². The van der Waals surface area contributed by atoms with Crippen LogP contribution in [0.4, 0.5) is 0 Å². The quantitative estimate of drug-likeness (QED) is 0.641. The molecule has 1 aliphatic carbocycles. The Morgan fingerprint density at radius 3 is 2.04 bits per heavy atom. The number of benzene rings is 1. The fraction of sp³-hybridized carbons (Fsp3) is 0.619. The average Bonchev–Trinajstić information content (AvgIpc) is 2.69. The Hall–Kier alpha value is -2.24. The second-order valence-electron chi connectivity index (χ2n) is 6.57. The Labute approximate surface area is 162 Å². The second-order valence-corrected chi connectivity index (χ2v) is 6.57. The molecule has 1 aromatic rings. The minimum atomic E-state index is -0.273. The predicted molar refractivity (Wildman–Crippen MR) is 107 cm³/mol. The summed E-state index contributed by atoms with van der Waals surface area (Å²) in [7, 11) is 0. The predicted octanol–water partition coefficient (Wildman–Crippen LogP) is 4.57. The highest BCUT2D eigenvalue weighted by Crippen LogP contribution is 2.39. The van der Waals surface area contributed by atoms with Gasteiger partial charge in [0.25, 0.3) is 5.91 Å². The number of rotatable bonds is 9. The van der Waals surface area contributed by atoms with E-state index in [0.717, 1.165) is 37.3 Å². The zero-order valence-electron chi connectivity index (χ0n) is 17.0. The topological polar surface area (TPSA) is 69.2 Å². The van der Waals surface area contributed by atoms with Crippen molar-refractivity contribution < 1.29 is 19.0 Å². The molecule has 1 saturated carbocycles. The highest BCUT2D eigenvalue weighted by Gasteiger charge is 2.19. The number of carbonyl (C=O) groups excluding carboxylic acids is 1. The minimum Gasteiger partial charge on any atom is -0.490 e. The number of carbonyl (C=O) groups is 1. The van der Waals surface area contributed by atoms with Crippen LogP contribution in [0.2, 0.25) is 0 Å². The molecule has 27 heavy (non-hydrogen) atoms. The van der Waals surface area contributed by atoms with Gasteiger partial charge < -0.3 is 14.2 Å². The molecule has 0 radical (unpaired) electrons. The van der Waals surface area contributed by atoms with Crippen LogP contribution in [-0.4, -0.2) is 31.4 Å². The van der Waals surface area contributed by atoms with Gasteiger partial charge in [0.1, 0.15) is 0 Å². The van der Waals surface area contributed by atoms with Crippen LogP contribution in [-0.2, 0) is 0 Å². The first-order valence-corrected chi connectivity index (χ1v) is 10.0. The van der Waals surface area contributed by atoms with E-state index in [-0.39, 0.29) is 5.91 Å². The lowest BCUT2D eigenvalue weighted by Crippen LogP contribution is -2.22. The second kappa shape index (κ2) is 10.8. The summed E-state index contributed by atoms with van der Waals surface area (Å²) >= 11 is 0. The Morgan fingerprint density at radius 2 is 1.56 bits per heavy atom. The summed E-state index contributed by atoms with van der Waals surface area (Å²) in [4.78, 5) is 12.6. The lowest BCUT2D eigenvalue weighted by Gasteiger charge is -2.21. The molecule has 6 heteroatoms. The van der Waals surface area contributed by atoms with Crippen molar-refractivity contribution >= 4 is 11.6 Å². The largest absolute Gasteiger partial charge is 0.490 e. The molecule has 6 nitrogen and oxygen atoms in total. The van der Waals surface area contributed by atoms with Gasteiger partial charge >= 0.3 is 0 Å². The van der Waals surface area contributed by atoms with E-state index in [4.69, 9.17) is 14.2 Å². The number of amides is 1. The smallest absolute Gasteiger partial charge is 0.271 e. The van der Waals surface area contributed by atoms with Crippen molar-refractivity contribution in [2.45, 2.75) is 59.8 Å². The minimum absolute atomic E-state index is 0.273. The van der Waals surface area contributed by atoms with Gasteiger partial charge in [-0.3, -0.25) is 4.79 Å². The lowest BCUT2D eigenvalue weighted by atomic mass is 9.86. The Bertz CT molecular complexity index is 621. The Kier molecular flexibility index (Phi) is 8.43. The molecule has 2 rings (SSSR count). The maximum atomic E-state index is 12.6. The van der Waals surface area contributed by atoms with E-state index >= 15 is 0 Å². The third-order valence-corrected chi connectivity index (χ3v) is 4.75. The van der Waals surface area contributed by atoms with E-state index in [2.05, 4.69) is 17.5 Å². The summed E-state index contributed by atoms with van der Waals surface area (Å²) in [5.74, 6) is 2.05. The van der Waals surface area contributed by atoms with Crippen LogP contribution in [0.3, 0.4) is 0 Å². The zero-order chi connectivity index (χ0) is 19.6. The molecule has 0 saturated heterocycles. The van der Waals surface area contributed by atoms with Gasteiger partial charge in [-0.2, -0.15) is 5.10 Å². The summed E-state index contributed by atoms with van der Waals surface area (Å²) in [5, 5.41) is 4.34. The third-order valence-electron chi connectivity index (χ3n) is 4.75. The molecule has 1 N–H and O–H groups in total. The standard InChI is InChI=1S/C21H32N2O4/c1-5-15-9-11-17(12-10-15)22-23-21(24)16-13-18(25-6-2)20(27-8-4)19(14-16)26-7-3/h13-15H,5-12H2,1-4H3,(H,23,24). The molecule has 0 atom stereocenters. The van der Waals surface area contributed by atoms with Gasteiger partial charge in [-0.15, -0.1) is 0 Å². The summed E-state index contributed by atoms with van der Waals surface area (Å²) < 4.78 is 17.0. The molecule has 0 aromatic heterocycles. The van der Waals surface area contributed by atoms with Crippen LogP contribution in [0.15, 0.2) is 17.2 Å². The number of hydrogen-bond acceptors (Lipinski definition) is 5. The van der Waals surface area contributed by atoms with Crippen molar-refractivity contribution in [3.63, 3.8) is 0 Å². The number of nitrogens with one attached hydrogen (secondary N) is 1. The third kappa shape index (κ3) is 5.88. The Balaban J connectivity index is 2.17. The molecule has 0 unspecified atom stereocenters. The van der Waals surface area contributed by atoms with Gasteiger partial charge in [0.15, 0.2) is 11.5 Å². The van der Waals surface area contributed by atoms with E-state index in [1.807, 2.05) is 20.8 Å². The first kappa shape index (κ1) is 21.1. The molecule has 1 amide bonds. The molecule has 1 aromatic carbocycles. The van der Waals surface area contributed by atoms with Crippen LogP contribution in [0.1, 0.15) is 70.2 Å². The maximum absolute atomic E-state index is 12.6. The monoisotopic (exact) mass is 376 g/mol. The van der Waals surface area contributed by atoms with Gasteiger partial charge in [-0.25, -0.2) is 5.43 Å². The number of nitrogens with zero attached hydrogens (tertiary/aromatic N) is 1. The number of ether oxygens (including phenoxy) is 3. The molecule has 1 fully saturated rings. The van der Waals surface area contributed by atoms with Gasteiger partial charge in [0, 0.05) is 11.3 Å². The van der Waals surface area contributed by atoms with Crippen molar-refractivity contribution in [1.82, 2.24) is 5.43 Å². The summed E-state index contributed by atoms with van der Waals surface area (Å²) in [6, 6.07) is 3.36. The fourth-order valence-electron chi connectivity index (χ4n) is 3.25. The van der Waals surface area contributed by atoms with E-state index in [1.165, 1.54) is 6.42 Å². The van der Waals surface area contributed by atoms with Gasteiger partial charge in [0.05, 0.1) is 19.8 Å². The molecular weight excluding hydrogens is 344 g/mol. The van der Waals surface area contributed by atoms with E-state index in [0.29, 0.717) is 42.6 Å².